The molecule has 16 heavy (non-hydrogen) atoms. The van der Waals surface area contributed by atoms with E-state index in [2.05, 4.69) is 20.0 Å². The number of carbonyl (C=O) groups is 1. The molecule has 0 saturated carbocycles. The molecule has 0 spiro atoms. The van der Waals surface area contributed by atoms with Crippen molar-refractivity contribution in [2.45, 2.75) is 39.3 Å². The summed E-state index contributed by atoms with van der Waals surface area (Å²) < 4.78 is 9.56. The van der Waals surface area contributed by atoms with Gasteiger partial charge < -0.3 is 9.26 Å². The van der Waals surface area contributed by atoms with Gasteiger partial charge in [-0.25, -0.2) is 0 Å². The summed E-state index contributed by atoms with van der Waals surface area (Å²) in [6.07, 6.45) is 2.90. The van der Waals surface area contributed by atoms with Gasteiger partial charge in [0.1, 0.15) is 6.04 Å². The van der Waals surface area contributed by atoms with Gasteiger partial charge in [0, 0.05) is 0 Å². The van der Waals surface area contributed by atoms with Crippen molar-refractivity contribution in [3.63, 3.8) is 0 Å². The monoisotopic (exact) mass is 227 g/mol. The Labute approximate surface area is 94.4 Å². The van der Waals surface area contributed by atoms with Crippen LogP contribution in [0.15, 0.2) is 10.9 Å². The van der Waals surface area contributed by atoms with Crippen molar-refractivity contribution in [2.75, 3.05) is 6.61 Å². The summed E-state index contributed by atoms with van der Waals surface area (Å²) in [6.45, 7) is 4.60. The molecule has 1 unspecified atom stereocenters. The highest BCUT2D eigenvalue weighted by Gasteiger charge is 2.18. The van der Waals surface area contributed by atoms with Crippen LogP contribution in [0.3, 0.4) is 0 Å². The quantitative estimate of drug-likeness (QED) is 0.697. The lowest BCUT2D eigenvalue weighted by Crippen LogP contribution is -2.37. The van der Waals surface area contributed by atoms with Crippen LogP contribution in [0.5, 0.6) is 0 Å². The fourth-order valence-corrected chi connectivity index (χ4v) is 1.32. The SMILES string of the molecule is CCCC(NCc1ncon1)C(=O)OCC. The van der Waals surface area contributed by atoms with Gasteiger partial charge >= 0.3 is 5.97 Å². The van der Waals surface area contributed by atoms with E-state index in [1.807, 2.05) is 6.92 Å². The van der Waals surface area contributed by atoms with Crippen molar-refractivity contribution >= 4 is 5.97 Å². The first-order chi connectivity index (χ1) is 7.77. The van der Waals surface area contributed by atoms with E-state index in [1.54, 1.807) is 6.92 Å². The van der Waals surface area contributed by atoms with E-state index in [4.69, 9.17) is 4.74 Å². The van der Waals surface area contributed by atoms with E-state index in [-0.39, 0.29) is 12.0 Å². The zero-order valence-corrected chi connectivity index (χ0v) is 9.60. The molecule has 6 heteroatoms. The Balaban J connectivity index is 2.41. The summed E-state index contributed by atoms with van der Waals surface area (Å²) in [6, 6.07) is -0.302. The van der Waals surface area contributed by atoms with Gasteiger partial charge in [-0.2, -0.15) is 4.98 Å². The molecular weight excluding hydrogens is 210 g/mol. The van der Waals surface area contributed by atoms with E-state index >= 15 is 0 Å². The molecule has 0 amide bonds. The number of nitrogens with one attached hydrogen (secondary N) is 1. The molecule has 0 aliphatic heterocycles. The molecule has 0 aromatic carbocycles. The second-order valence-corrected chi connectivity index (χ2v) is 3.32. The molecule has 6 nitrogen and oxygen atoms in total. The van der Waals surface area contributed by atoms with E-state index < -0.39 is 0 Å². The molecule has 90 valence electrons. The molecule has 1 atom stereocenters. The Morgan fingerprint density at radius 3 is 3.00 bits per heavy atom. The van der Waals surface area contributed by atoms with E-state index in [1.165, 1.54) is 6.39 Å². The lowest BCUT2D eigenvalue weighted by molar-refractivity contribution is -0.145. The maximum atomic E-state index is 11.5. The molecule has 1 aromatic rings. The molecular formula is C10H17N3O3. The smallest absolute Gasteiger partial charge is 0.323 e. The predicted molar refractivity (Wildman–Crippen MR) is 56.5 cm³/mol. The predicted octanol–water partition coefficient (Wildman–Crippen LogP) is 0.891. The molecule has 0 aliphatic carbocycles. The van der Waals surface area contributed by atoms with Gasteiger partial charge in [-0.1, -0.05) is 18.5 Å². The summed E-state index contributed by atoms with van der Waals surface area (Å²) in [7, 11) is 0. The molecule has 1 heterocycles. The lowest BCUT2D eigenvalue weighted by Gasteiger charge is -2.15. The van der Waals surface area contributed by atoms with Crippen LogP contribution >= 0.6 is 0 Å². The van der Waals surface area contributed by atoms with Crippen molar-refractivity contribution in [3.8, 4) is 0 Å². The van der Waals surface area contributed by atoms with E-state index in [9.17, 15) is 4.79 Å². The van der Waals surface area contributed by atoms with Crippen LogP contribution in [0.4, 0.5) is 0 Å². The zero-order chi connectivity index (χ0) is 11.8. The van der Waals surface area contributed by atoms with Gasteiger partial charge in [0.2, 0.25) is 6.39 Å². The molecule has 0 radical (unpaired) electrons. The van der Waals surface area contributed by atoms with Crippen molar-refractivity contribution in [1.82, 2.24) is 15.5 Å². The van der Waals surface area contributed by atoms with Crippen LogP contribution in [0.25, 0.3) is 0 Å². The van der Waals surface area contributed by atoms with Crippen LogP contribution in [-0.2, 0) is 16.1 Å². The fourth-order valence-electron chi connectivity index (χ4n) is 1.32. The summed E-state index contributed by atoms with van der Waals surface area (Å²) in [4.78, 5) is 15.4. The second-order valence-electron chi connectivity index (χ2n) is 3.32. The van der Waals surface area contributed by atoms with Crippen molar-refractivity contribution in [2.24, 2.45) is 0 Å². The van der Waals surface area contributed by atoms with Crippen LogP contribution in [0, 0.1) is 0 Å². The third-order valence-corrected chi connectivity index (χ3v) is 2.06. The number of aromatic nitrogens is 2. The van der Waals surface area contributed by atoms with Crippen LogP contribution in [0.1, 0.15) is 32.5 Å². The minimum Gasteiger partial charge on any atom is -0.465 e. The van der Waals surface area contributed by atoms with Gasteiger partial charge in [-0.15, -0.1) is 0 Å². The normalized spacial score (nSPS) is 12.4. The number of carbonyl (C=O) groups excluding carboxylic acids is 1. The maximum Gasteiger partial charge on any atom is 0.323 e. The minimum absolute atomic E-state index is 0.229. The molecule has 0 fully saturated rings. The maximum absolute atomic E-state index is 11.5. The number of hydrogen-bond acceptors (Lipinski definition) is 6. The minimum atomic E-state index is -0.302. The number of ether oxygens (including phenoxy) is 1. The van der Waals surface area contributed by atoms with E-state index in [0.29, 0.717) is 19.0 Å². The number of hydrogen-bond donors (Lipinski definition) is 1. The van der Waals surface area contributed by atoms with Gasteiger partial charge in [0.05, 0.1) is 13.2 Å². The fraction of sp³-hybridized carbons (Fsp3) is 0.700. The van der Waals surface area contributed by atoms with Gasteiger partial charge in [0.25, 0.3) is 0 Å². The largest absolute Gasteiger partial charge is 0.465 e. The Morgan fingerprint density at radius 1 is 1.62 bits per heavy atom. The third kappa shape index (κ3) is 3.98. The number of nitrogens with zero attached hydrogens (tertiary/aromatic N) is 2. The summed E-state index contributed by atoms with van der Waals surface area (Å²) in [5.74, 6) is 0.304. The molecule has 1 N–H and O–H groups in total. The molecule has 1 aromatic heterocycles. The highest BCUT2D eigenvalue weighted by molar-refractivity contribution is 5.75. The van der Waals surface area contributed by atoms with Crippen LogP contribution in [-0.4, -0.2) is 28.8 Å². The van der Waals surface area contributed by atoms with Crippen molar-refractivity contribution < 1.29 is 14.1 Å². The van der Waals surface area contributed by atoms with Gasteiger partial charge in [-0.05, 0) is 13.3 Å². The molecule has 1 rings (SSSR count). The van der Waals surface area contributed by atoms with Crippen LogP contribution < -0.4 is 5.32 Å². The Kier molecular flexibility index (Phi) is 5.49. The summed E-state index contributed by atoms with van der Waals surface area (Å²) in [5.41, 5.74) is 0. The Morgan fingerprint density at radius 2 is 2.44 bits per heavy atom. The zero-order valence-electron chi connectivity index (χ0n) is 9.60. The standard InChI is InChI=1S/C10H17N3O3/c1-3-5-8(10(14)15-4-2)11-6-9-12-7-16-13-9/h7-8,11H,3-6H2,1-2H3. The van der Waals surface area contributed by atoms with E-state index in [0.717, 1.165) is 12.8 Å². The molecule has 0 bridgehead atoms. The average Bonchev–Trinajstić information content (AvgIpc) is 2.77. The lowest BCUT2D eigenvalue weighted by atomic mass is 10.1. The Bertz CT molecular complexity index is 300. The van der Waals surface area contributed by atoms with Crippen LogP contribution in [0.2, 0.25) is 0 Å². The third-order valence-electron chi connectivity index (χ3n) is 2.06. The second kappa shape index (κ2) is 6.95. The van der Waals surface area contributed by atoms with Crippen molar-refractivity contribution in [1.29, 1.82) is 0 Å². The first-order valence-electron chi connectivity index (χ1n) is 5.43. The van der Waals surface area contributed by atoms with Gasteiger partial charge in [-0.3, -0.25) is 10.1 Å². The highest BCUT2D eigenvalue weighted by atomic mass is 16.5. The molecule has 0 saturated heterocycles. The highest BCUT2D eigenvalue weighted by Crippen LogP contribution is 2.01. The first kappa shape index (κ1) is 12.6. The molecule has 0 aliphatic rings. The first-order valence-corrected chi connectivity index (χ1v) is 5.43. The Hall–Kier alpha value is -1.43. The number of esters is 1. The summed E-state index contributed by atoms with van der Waals surface area (Å²) >= 11 is 0. The topological polar surface area (TPSA) is 77.3 Å². The summed E-state index contributed by atoms with van der Waals surface area (Å²) in [5, 5.41) is 6.70. The van der Waals surface area contributed by atoms with Crippen molar-refractivity contribution in [3.05, 3.63) is 12.2 Å². The van der Waals surface area contributed by atoms with Gasteiger partial charge in [0.15, 0.2) is 5.82 Å². The number of rotatable bonds is 7. The average molecular weight is 227 g/mol.